The molecule has 0 radical (unpaired) electrons. The SMILES string of the molecule is Cc1ccc(CNC(=O)[C@H]2CCCCN2S(=O)(=O)c2ccc(Br)cc2)o1. The maximum atomic E-state index is 13.0. The minimum absolute atomic E-state index is 0.196. The number of amides is 1. The van der Waals surface area contributed by atoms with Crippen molar-refractivity contribution in [3.63, 3.8) is 0 Å². The van der Waals surface area contributed by atoms with Crippen molar-refractivity contribution < 1.29 is 17.6 Å². The number of benzene rings is 1. The zero-order valence-corrected chi connectivity index (χ0v) is 16.8. The molecule has 1 aromatic carbocycles. The van der Waals surface area contributed by atoms with Gasteiger partial charge in [-0.15, -0.1) is 0 Å². The van der Waals surface area contributed by atoms with E-state index in [-0.39, 0.29) is 17.3 Å². The van der Waals surface area contributed by atoms with Crippen molar-refractivity contribution >= 4 is 31.9 Å². The van der Waals surface area contributed by atoms with E-state index in [1.807, 2.05) is 13.0 Å². The second kappa shape index (κ2) is 7.94. The van der Waals surface area contributed by atoms with Gasteiger partial charge in [-0.05, 0) is 56.2 Å². The molecular weight excluding hydrogens is 420 g/mol. The molecule has 26 heavy (non-hydrogen) atoms. The van der Waals surface area contributed by atoms with E-state index in [0.29, 0.717) is 18.7 Å². The summed E-state index contributed by atoms with van der Waals surface area (Å²) in [5.41, 5.74) is 0. The van der Waals surface area contributed by atoms with Crippen LogP contribution in [0.25, 0.3) is 0 Å². The van der Waals surface area contributed by atoms with Crippen LogP contribution in [-0.4, -0.2) is 31.2 Å². The van der Waals surface area contributed by atoms with Gasteiger partial charge in [0, 0.05) is 11.0 Å². The highest BCUT2D eigenvalue weighted by molar-refractivity contribution is 9.10. The summed E-state index contributed by atoms with van der Waals surface area (Å²) in [6, 6.07) is 9.40. The highest BCUT2D eigenvalue weighted by Gasteiger charge is 2.37. The number of hydrogen-bond acceptors (Lipinski definition) is 4. The van der Waals surface area contributed by atoms with E-state index in [1.165, 1.54) is 4.31 Å². The predicted octanol–water partition coefficient (Wildman–Crippen LogP) is 3.21. The number of aryl methyl sites for hydroxylation is 1. The summed E-state index contributed by atoms with van der Waals surface area (Å²) in [6.07, 6.45) is 2.08. The lowest BCUT2D eigenvalue weighted by Gasteiger charge is -2.33. The van der Waals surface area contributed by atoms with Gasteiger partial charge in [-0.25, -0.2) is 8.42 Å². The molecule has 1 amide bonds. The summed E-state index contributed by atoms with van der Waals surface area (Å²) >= 11 is 3.31. The van der Waals surface area contributed by atoms with Gasteiger partial charge in [-0.3, -0.25) is 4.79 Å². The second-order valence-corrected chi connectivity index (χ2v) is 9.12. The number of halogens is 1. The van der Waals surface area contributed by atoms with Crippen molar-refractivity contribution in [2.75, 3.05) is 6.54 Å². The number of carbonyl (C=O) groups excluding carboxylic acids is 1. The Bertz CT molecular complexity index is 877. The first-order valence-electron chi connectivity index (χ1n) is 8.48. The molecule has 1 saturated heterocycles. The summed E-state index contributed by atoms with van der Waals surface area (Å²) < 4.78 is 33.6. The number of carbonyl (C=O) groups is 1. The van der Waals surface area contributed by atoms with E-state index in [9.17, 15) is 13.2 Å². The molecule has 2 heterocycles. The molecule has 8 heteroatoms. The molecule has 0 spiro atoms. The Kier molecular flexibility index (Phi) is 5.84. The maximum absolute atomic E-state index is 13.0. The van der Waals surface area contributed by atoms with E-state index in [2.05, 4.69) is 21.2 Å². The van der Waals surface area contributed by atoms with Crippen LogP contribution in [-0.2, 0) is 21.4 Å². The van der Waals surface area contributed by atoms with Gasteiger partial charge in [0.05, 0.1) is 11.4 Å². The number of furan rings is 1. The number of piperidine rings is 1. The Morgan fingerprint density at radius 1 is 1.23 bits per heavy atom. The smallest absolute Gasteiger partial charge is 0.243 e. The van der Waals surface area contributed by atoms with Crippen molar-refractivity contribution in [2.45, 2.75) is 43.7 Å². The van der Waals surface area contributed by atoms with Crippen LogP contribution in [0.4, 0.5) is 0 Å². The van der Waals surface area contributed by atoms with Gasteiger partial charge >= 0.3 is 0 Å². The minimum Gasteiger partial charge on any atom is -0.465 e. The lowest BCUT2D eigenvalue weighted by atomic mass is 10.0. The zero-order chi connectivity index (χ0) is 18.7. The van der Waals surface area contributed by atoms with Crippen LogP contribution in [0.15, 0.2) is 50.2 Å². The van der Waals surface area contributed by atoms with Gasteiger partial charge < -0.3 is 9.73 Å². The third-order valence-corrected chi connectivity index (χ3v) is 6.86. The van der Waals surface area contributed by atoms with Gasteiger partial charge in [0.1, 0.15) is 17.6 Å². The Hall–Kier alpha value is -1.64. The molecule has 6 nitrogen and oxygen atoms in total. The fourth-order valence-electron chi connectivity index (χ4n) is 3.07. The summed E-state index contributed by atoms with van der Waals surface area (Å²) in [5, 5.41) is 2.80. The largest absolute Gasteiger partial charge is 0.465 e. The quantitative estimate of drug-likeness (QED) is 0.773. The van der Waals surface area contributed by atoms with Crippen LogP contribution in [0.1, 0.15) is 30.8 Å². The predicted molar refractivity (Wildman–Crippen MR) is 101 cm³/mol. The van der Waals surface area contributed by atoms with Crippen LogP contribution in [0.2, 0.25) is 0 Å². The average Bonchev–Trinajstić information content (AvgIpc) is 3.05. The topological polar surface area (TPSA) is 79.6 Å². The molecule has 0 bridgehead atoms. The molecule has 1 aromatic heterocycles. The molecular formula is C18H21BrN2O4S. The molecule has 0 unspecified atom stereocenters. The van der Waals surface area contributed by atoms with Gasteiger partial charge in [-0.1, -0.05) is 22.4 Å². The Morgan fingerprint density at radius 3 is 2.62 bits per heavy atom. The van der Waals surface area contributed by atoms with Crippen molar-refractivity contribution in [3.8, 4) is 0 Å². The number of nitrogens with one attached hydrogen (secondary N) is 1. The van der Waals surface area contributed by atoms with Gasteiger partial charge in [0.15, 0.2) is 0 Å². The number of sulfonamides is 1. The maximum Gasteiger partial charge on any atom is 0.243 e. The monoisotopic (exact) mass is 440 g/mol. The Morgan fingerprint density at radius 2 is 1.96 bits per heavy atom. The molecule has 1 atom stereocenters. The molecule has 140 valence electrons. The van der Waals surface area contributed by atoms with Gasteiger partial charge in [0.25, 0.3) is 0 Å². The first kappa shape index (κ1) is 19.1. The summed E-state index contributed by atoms with van der Waals surface area (Å²) in [7, 11) is -3.72. The van der Waals surface area contributed by atoms with Crippen LogP contribution < -0.4 is 5.32 Å². The third kappa shape index (κ3) is 4.19. The van der Waals surface area contributed by atoms with E-state index in [1.54, 1.807) is 30.3 Å². The van der Waals surface area contributed by atoms with Crippen LogP contribution >= 0.6 is 15.9 Å². The number of nitrogens with zero attached hydrogens (tertiary/aromatic N) is 1. The Balaban J connectivity index is 1.76. The highest BCUT2D eigenvalue weighted by Crippen LogP contribution is 2.26. The first-order valence-corrected chi connectivity index (χ1v) is 10.7. The lowest BCUT2D eigenvalue weighted by molar-refractivity contribution is -0.125. The van der Waals surface area contributed by atoms with E-state index >= 15 is 0 Å². The summed E-state index contributed by atoms with van der Waals surface area (Å²) in [5.74, 6) is 1.12. The van der Waals surface area contributed by atoms with E-state index in [4.69, 9.17) is 4.42 Å². The molecule has 2 aromatic rings. The average molecular weight is 441 g/mol. The van der Waals surface area contributed by atoms with Crippen molar-refractivity contribution in [3.05, 3.63) is 52.4 Å². The van der Waals surface area contributed by atoms with Crippen LogP contribution in [0, 0.1) is 6.92 Å². The normalized spacial score (nSPS) is 18.6. The van der Waals surface area contributed by atoms with Gasteiger partial charge in [0.2, 0.25) is 15.9 Å². The summed E-state index contributed by atoms with van der Waals surface area (Å²) in [6.45, 7) is 2.42. The van der Waals surface area contributed by atoms with Crippen molar-refractivity contribution in [2.24, 2.45) is 0 Å². The zero-order valence-electron chi connectivity index (χ0n) is 14.4. The number of rotatable bonds is 5. The molecule has 0 aliphatic carbocycles. The fourth-order valence-corrected chi connectivity index (χ4v) is 4.99. The molecule has 1 N–H and O–H groups in total. The van der Waals surface area contributed by atoms with Gasteiger partial charge in [-0.2, -0.15) is 4.31 Å². The van der Waals surface area contributed by atoms with Crippen molar-refractivity contribution in [1.82, 2.24) is 9.62 Å². The standard InChI is InChI=1S/C18H21BrN2O4S/c1-13-5-8-15(25-13)12-20-18(22)17-4-2-3-11-21(17)26(23,24)16-9-6-14(19)7-10-16/h5-10,17H,2-4,11-12H2,1H3,(H,20,22)/t17-/m1/s1. The first-order chi connectivity index (χ1) is 12.4. The van der Waals surface area contributed by atoms with E-state index in [0.717, 1.165) is 23.1 Å². The minimum atomic E-state index is -3.72. The number of hydrogen-bond donors (Lipinski definition) is 1. The van der Waals surface area contributed by atoms with Crippen molar-refractivity contribution in [1.29, 1.82) is 0 Å². The highest BCUT2D eigenvalue weighted by atomic mass is 79.9. The van der Waals surface area contributed by atoms with Crippen LogP contribution in [0.3, 0.4) is 0 Å². The molecule has 1 aliphatic rings. The third-order valence-electron chi connectivity index (χ3n) is 4.41. The Labute approximate surface area is 161 Å². The molecule has 1 aliphatic heterocycles. The molecule has 1 fully saturated rings. The fraction of sp³-hybridized carbons (Fsp3) is 0.389. The van der Waals surface area contributed by atoms with Crippen LogP contribution in [0.5, 0.6) is 0 Å². The molecule has 3 rings (SSSR count). The lowest BCUT2D eigenvalue weighted by Crippen LogP contribution is -2.51. The second-order valence-electron chi connectivity index (χ2n) is 6.31. The summed E-state index contributed by atoms with van der Waals surface area (Å²) in [4.78, 5) is 12.9. The van der Waals surface area contributed by atoms with E-state index < -0.39 is 16.1 Å². The molecule has 0 saturated carbocycles.